The van der Waals surface area contributed by atoms with Gasteiger partial charge in [-0.25, -0.2) is 9.82 Å². The van der Waals surface area contributed by atoms with Gasteiger partial charge in [-0.15, -0.1) is 0 Å². The minimum atomic E-state index is -0.851. The maximum absolute atomic E-state index is 12.7. The predicted octanol–water partition coefficient (Wildman–Crippen LogP) is 1.63. The van der Waals surface area contributed by atoms with Gasteiger partial charge in [0.2, 0.25) is 0 Å². The van der Waals surface area contributed by atoms with Crippen LogP contribution in [0.5, 0.6) is 0 Å². The Balaban J connectivity index is 1.72. The second kappa shape index (κ2) is 8.43. The third-order valence-electron chi connectivity index (χ3n) is 3.00. The van der Waals surface area contributed by atoms with Crippen LogP contribution in [0.1, 0.15) is 11.1 Å². The zero-order valence-electron chi connectivity index (χ0n) is 12.3. The summed E-state index contributed by atoms with van der Waals surface area (Å²) < 4.78 is 12.7. The Kier molecular flexibility index (Phi) is 5.99. The Bertz CT molecular complexity index is 685. The highest BCUT2D eigenvalue weighted by Crippen LogP contribution is 1.99. The molecule has 2 rings (SSSR count). The van der Waals surface area contributed by atoms with Crippen molar-refractivity contribution in [2.75, 3.05) is 6.54 Å². The molecule has 2 N–H and O–H groups in total. The van der Waals surface area contributed by atoms with Crippen molar-refractivity contribution >= 4 is 18.0 Å². The Morgan fingerprint density at radius 1 is 1.00 bits per heavy atom. The lowest BCUT2D eigenvalue weighted by Gasteiger charge is -2.04. The predicted molar refractivity (Wildman–Crippen MR) is 85.3 cm³/mol. The molecule has 23 heavy (non-hydrogen) atoms. The highest BCUT2D eigenvalue weighted by molar-refractivity contribution is 6.35. The Hall–Kier alpha value is -3.02. The van der Waals surface area contributed by atoms with E-state index in [1.54, 1.807) is 0 Å². The van der Waals surface area contributed by atoms with Crippen molar-refractivity contribution in [3.63, 3.8) is 0 Å². The van der Waals surface area contributed by atoms with Gasteiger partial charge in [-0.05, 0) is 29.7 Å². The Morgan fingerprint density at radius 3 is 2.39 bits per heavy atom. The van der Waals surface area contributed by atoms with E-state index in [2.05, 4.69) is 15.8 Å². The first-order valence-electron chi connectivity index (χ1n) is 7.06. The number of carbonyl (C=O) groups excluding carboxylic acids is 2. The zero-order valence-corrected chi connectivity index (χ0v) is 12.3. The molecule has 5 nitrogen and oxygen atoms in total. The highest BCUT2D eigenvalue weighted by atomic mass is 19.1. The summed E-state index contributed by atoms with van der Waals surface area (Å²) in [6, 6.07) is 15.2. The minimum Gasteiger partial charge on any atom is -0.347 e. The van der Waals surface area contributed by atoms with Crippen molar-refractivity contribution in [1.29, 1.82) is 0 Å². The number of halogens is 1. The lowest BCUT2D eigenvalue weighted by molar-refractivity contribution is -0.139. The van der Waals surface area contributed by atoms with Crippen LogP contribution in [0.3, 0.4) is 0 Å². The molecule has 2 aromatic carbocycles. The molecule has 0 aliphatic rings. The first-order chi connectivity index (χ1) is 11.1. The summed E-state index contributed by atoms with van der Waals surface area (Å²) >= 11 is 0. The standard InChI is InChI=1S/C17H16FN3O2/c18-15-8-6-14(7-9-15)12-20-21-17(23)16(22)19-11-10-13-4-2-1-3-5-13/h1-9,12H,10-11H2,(H,19,22)(H,21,23)/b20-12+. The fraction of sp³-hybridized carbons (Fsp3) is 0.118. The fourth-order valence-electron chi connectivity index (χ4n) is 1.81. The van der Waals surface area contributed by atoms with Gasteiger partial charge in [-0.1, -0.05) is 42.5 Å². The van der Waals surface area contributed by atoms with Crippen LogP contribution in [0.2, 0.25) is 0 Å². The van der Waals surface area contributed by atoms with Crippen LogP contribution in [0, 0.1) is 5.82 Å². The molecule has 0 unspecified atom stereocenters. The van der Waals surface area contributed by atoms with E-state index >= 15 is 0 Å². The molecular formula is C17H16FN3O2. The number of hydrazone groups is 1. The van der Waals surface area contributed by atoms with E-state index in [1.807, 2.05) is 30.3 Å². The van der Waals surface area contributed by atoms with Crippen LogP contribution < -0.4 is 10.7 Å². The van der Waals surface area contributed by atoms with Crippen molar-refractivity contribution < 1.29 is 14.0 Å². The maximum Gasteiger partial charge on any atom is 0.329 e. The van der Waals surface area contributed by atoms with Gasteiger partial charge in [-0.2, -0.15) is 5.10 Å². The summed E-state index contributed by atoms with van der Waals surface area (Å²) in [6.07, 6.45) is 1.97. The first kappa shape index (κ1) is 16.4. The summed E-state index contributed by atoms with van der Waals surface area (Å²) in [6.45, 7) is 0.359. The lowest BCUT2D eigenvalue weighted by atomic mass is 10.1. The molecule has 0 radical (unpaired) electrons. The molecule has 0 heterocycles. The minimum absolute atomic E-state index is 0.357. The SMILES string of the molecule is O=C(NCCc1ccccc1)C(=O)N/N=C/c1ccc(F)cc1. The monoisotopic (exact) mass is 313 g/mol. The van der Waals surface area contributed by atoms with E-state index in [0.717, 1.165) is 5.56 Å². The molecule has 0 saturated carbocycles. The van der Waals surface area contributed by atoms with Gasteiger partial charge >= 0.3 is 11.8 Å². The van der Waals surface area contributed by atoms with Gasteiger partial charge in [-0.3, -0.25) is 9.59 Å². The lowest BCUT2D eigenvalue weighted by Crippen LogP contribution is -2.38. The number of hydrogen-bond donors (Lipinski definition) is 2. The van der Waals surface area contributed by atoms with Crippen LogP contribution in [0.25, 0.3) is 0 Å². The molecule has 6 heteroatoms. The number of benzene rings is 2. The van der Waals surface area contributed by atoms with Crippen molar-refractivity contribution in [3.05, 3.63) is 71.5 Å². The van der Waals surface area contributed by atoms with Gasteiger partial charge < -0.3 is 5.32 Å². The molecule has 0 saturated heterocycles. The molecule has 118 valence electrons. The third-order valence-corrected chi connectivity index (χ3v) is 3.00. The third kappa shape index (κ3) is 5.70. The molecule has 2 aromatic rings. The molecule has 0 aliphatic carbocycles. The number of carbonyl (C=O) groups is 2. The second-order valence-electron chi connectivity index (χ2n) is 4.74. The van der Waals surface area contributed by atoms with Crippen molar-refractivity contribution in [2.45, 2.75) is 6.42 Å². The number of amides is 2. The van der Waals surface area contributed by atoms with Crippen LogP contribution in [0.15, 0.2) is 59.7 Å². The average molecular weight is 313 g/mol. The van der Waals surface area contributed by atoms with E-state index in [1.165, 1.54) is 30.5 Å². The summed E-state index contributed by atoms with van der Waals surface area (Å²) in [4.78, 5) is 23.1. The maximum atomic E-state index is 12.7. The zero-order chi connectivity index (χ0) is 16.5. The van der Waals surface area contributed by atoms with Crippen LogP contribution in [-0.4, -0.2) is 24.6 Å². The molecule has 0 spiro atoms. The smallest absolute Gasteiger partial charge is 0.329 e. The van der Waals surface area contributed by atoms with Crippen LogP contribution in [0.4, 0.5) is 4.39 Å². The fourth-order valence-corrected chi connectivity index (χ4v) is 1.81. The van der Waals surface area contributed by atoms with E-state index in [4.69, 9.17) is 0 Å². The number of nitrogens with one attached hydrogen (secondary N) is 2. The highest BCUT2D eigenvalue weighted by Gasteiger charge is 2.11. The molecule has 0 aromatic heterocycles. The number of nitrogens with zero attached hydrogens (tertiary/aromatic N) is 1. The molecule has 2 amide bonds. The van der Waals surface area contributed by atoms with Crippen molar-refractivity contribution in [1.82, 2.24) is 10.7 Å². The molecule has 0 atom stereocenters. The van der Waals surface area contributed by atoms with E-state index in [0.29, 0.717) is 18.5 Å². The van der Waals surface area contributed by atoms with Crippen molar-refractivity contribution in [3.8, 4) is 0 Å². The topological polar surface area (TPSA) is 70.6 Å². The van der Waals surface area contributed by atoms with E-state index in [9.17, 15) is 14.0 Å². The summed E-state index contributed by atoms with van der Waals surface area (Å²) in [5, 5.41) is 6.16. The van der Waals surface area contributed by atoms with Gasteiger partial charge in [0, 0.05) is 6.54 Å². The molecule has 0 fully saturated rings. The quantitative estimate of drug-likeness (QED) is 0.500. The number of rotatable bonds is 5. The first-order valence-corrected chi connectivity index (χ1v) is 7.06. The summed E-state index contributed by atoms with van der Waals surface area (Å²) in [7, 11) is 0. The van der Waals surface area contributed by atoms with E-state index in [-0.39, 0.29) is 5.82 Å². The summed E-state index contributed by atoms with van der Waals surface area (Å²) in [5.41, 5.74) is 3.80. The second-order valence-corrected chi connectivity index (χ2v) is 4.74. The summed E-state index contributed by atoms with van der Waals surface area (Å²) in [5.74, 6) is -1.96. The normalized spacial score (nSPS) is 10.5. The van der Waals surface area contributed by atoms with Gasteiger partial charge in [0.15, 0.2) is 0 Å². The van der Waals surface area contributed by atoms with Gasteiger partial charge in [0.1, 0.15) is 5.82 Å². The van der Waals surface area contributed by atoms with Gasteiger partial charge in [0.25, 0.3) is 0 Å². The Labute approximate surface area is 133 Å². The Morgan fingerprint density at radius 2 is 1.70 bits per heavy atom. The largest absolute Gasteiger partial charge is 0.347 e. The van der Waals surface area contributed by atoms with Crippen LogP contribution >= 0.6 is 0 Å². The average Bonchev–Trinajstić information content (AvgIpc) is 2.57. The van der Waals surface area contributed by atoms with Gasteiger partial charge in [0.05, 0.1) is 6.21 Å². The van der Waals surface area contributed by atoms with Crippen LogP contribution in [-0.2, 0) is 16.0 Å². The number of hydrogen-bond acceptors (Lipinski definition) is 3. The molecule has 0 bridgehead atoms. The van der Waals surface area contributed by atoms with Crippen molar-refractivity contribution in [2.24, 2.45) is 5.10 Å². The van der Waals surface area contributed by atoms with E-state index < -0.39 is 11.8 Å². The molecule has 0 aliphatic heterocycles. The molecular weight excluding hydrogens is 297 g/mol.